The molecule has 1 fully saturated rings. The Morgan fingerprint density at radius 3 is 2.65 bits per heavy atom. The third-order valence-corrected chi connectivity index (χ3v) is 6.23. The van der Waals surface area contributed by atoms with E-state index in [1.807, 2.05) is 30.2 Å². The van der Waals surface area contributed by atoms with Crippen molar-refractivity contribution in [3.05, 3.63) is 67.0 Å². The predicted octanol–water partition coefficient (Wildman–Crippen LogP) is 4.70. The van der Waals surface area contributed by atoms with E-state index in [-0.39, 0.29) is 5.54 Å². The maximum absolute atomic E-state index is 6.29. The topological polar surface area (TPSA) is 72.0 Å². The van der Waals surface area contributed by atoms with Gasteiger partial charge in [0.05, 0.1) is 11.7 Å². The van der Waals surface area contributed by atoms with Crippen LogP contribution in [0.3, 0.4) is 0 Å². The Kier molecular flexibility index (Phi) is 4.87. The van der Waals surface area contributed by atoms with Gasteiger partial charge in [-0.3, -0.25) is 4.68 Å². The van der Waals surface area contributed by atoms with Crippen LogP contribution in [0.2, 0.25) is 0 Å². The van der Waals surface area contributed by atoms with Gasteiger partial charge in [0.1, 0.15) is 5.82 Å². The predicted molar refractivity (Wildman–Crippen MR) is 128 cm³/mol. The van der Waals surface area contributed by atoms with Gasteiger partial charge in [0.25, 0.3) is 0 Å². The number of aryl methyl sites for hydroxylation is 1. The average Bonchev–Trinajstić information content (AvgIpc) is 3.14. The van der Waals surface area contributed by atoms with Crippen LogP contribution in [0.5, 0.6) is 0 Å². The fourth-order valence-corrected chi connectivity index (χ4v) is 4.23. The van der Waals surface area contributed by atoms with E-state index in [2.05, 4.69) is 75.8 Å². The second kappa shape index (κ2) is 7.71. The van der Waals surface area contributed by atoms with Gasteiger partial charge in [-0.2, -0.15) is 5.10 Å². The van der Waals surface area contributed by atoms with E-state index in [0.717, 1.165) is 59.5 Å². The number of benzene rings is 2. The van der Waals surface area contributed by atoms with E-state index in [1.165, 1.54) is 5.69 Å². The van der Waals surface area contributed by atoms with Crippen molar-refractivity contribution in [3.63, 3.8) is 0 Å². The first-order valence-electron chi connectivity index (χ1n) is 10.8. The molecular weight excluding hydrogens is 384 g/mol. The van der Waals surface area contributed by atoms with Crippen LogP contribution < -0.4 is 16.0 Å². The summed E-state index contributed by atoms with van der Waals surface area (Å²) < 4.78 is 1.89. The van der Waals surface area contributed by atoms with Crippen molar-refractivity contribution in [1.82, 2.24) is 14.8 Å². The molecule has 2 aromatic heterocycles. The summed E-state index contributed by atoms with van der Waals surface area (Å²) in [4.78, 5) is 6.94. The van der Waals surface area contributed by atoms with Crippen molar-refractivity contribution in [2.75, 3.05) is 23.3 Å². The molecule has 0 bridgehead atoms. The lowest BCUT2D eigenvalue weighted by Crippen LogP contribution is -2.48. The van der Waals surface area contributed by atoms with E-state index < -0.39 is 0 Å². The van der Waals surface area contributed by atoms with Crippen LogP contribution in [0.1, 0.15) is 19.8 Å². The standard InChI is InChI=1S/C25H28N6/c1-25(26)9-12-31(13-10-25)22-5-3-4-21(16-22)29-24-15-19(8-11-27-24)18-6-7-23-20(14-18)17-28-30(23)2/h3-8,11,14-17H,9-10,12-13,26H2,1-2H3,(H,27,29). The molecule has 31 heavy (non-hydrogen) atoms. The molecule has 0 saturated carbocycles. The lowest BCUT2D eigenvalue weighted by atomic mass is 9.91. The zero-order valence-corrected chi connectivity index (χ0v) is 18.0. The van der Waals surface area contributed by atoms with Crippen molar-refractivity contribution in [3.8, 4) is 11.1 Å². The minimum absolute atomic E-state index is 0.0461. The zero-order valence-electron chi connectivity index (χ0n) is 18.0. The van der Waals surface area contributed by atoms with Gasteiger partial charge in [0.2, 0.25) is 0 Å². The van der Waals surface area contributed by atoms with Crippen molar-refractivity contribution in [1.29, 1.82) is 0 Å². The average molecular weight is 413 g/mol. The number of anilines is 3. The number of hydrogen-bond acceptors (Lipinski definition) is 5. The molecule has 0 spiro atoms. The van der Waals surface area contributed by atoms with E-state index in [9.17, 15) is 0 Å². The summed E-state index contributed by atoms with van der Waals surface area (Å²) in [6.07, 6.45) is 5.77. The van der Waals surface area contributed by atoms with Crippen LogP contribution in [0.25, 0.3) is 22.0 Å². The monoisotopic (exact) mass is 412 g/mol. The third kappa shape index (κ3) is 4.11. The lowest BCUT2D eigenvalue weighted by Gasteiger charge is -2.38. The minimum Gasteiger partial charge on any atom is -0.371 e. The van der Waals surface area contributed by atoms with E-state index in [0.29, 0.717) is 0 Å². The summed E-state index contributed by atoms with van der Waals surface area (Å²) in [6.45, 7) is 4.12. The molecule has 0 amide bonds. The van der Waals surface area contributed by atoms with E-state index in [1.54, 1.807) is 0 Å². The fraction of sp³-hybridized carbons (Fsp3) is 0.280. The Hall–Kier alpha value is -3.38. The lowest BCUT2D eigenvalue weighted by molar-refractivity contribution is 0.364. The number of fused-ring (bicyclic) bond motifs is 1. The molecule has 1 aliphatic heterocycles. The summed E-state index contributed by atoms with van der Waals surface area (Å²) in [5, 5.41) is 8.95. The summed E-state index contributed by atoms with van der Waals surface area (Å²) in [7, 11) is 1.96. The summed E-state index contributed by atoms with van der Waals surface area (Å²) >= 11 is 0. The van der Waals surface area contributed by atoms with E-state index >= 15 is 0 Å². The van der Waals surface area contributed by atoms with Gasteiger partial charge < -0.3 is 16.0 Å². The van der Waals surface area contributed by atoms with Crippen LogP contribution >= 0.6 is 0 Å². The van der Waals surface area contributed by atoms with Crippen LogP contribution in [-0.2, 0) is 7.05 Å². The second-order valence-electron chi connectivity index (χ2n) is 8.79. The Morgan fingerprint density at radius 2 is 1.81 bits per heavy atom. The molecule has 0 radical (unpaired) electrons. The first kappa shape index (κ1) is 19.6. The van der Waals surface area contributed by atoms with Crippen LogP contribution in [0, 0.1) is 0 Å². The first-order chi connectivity index (χ1) is 15.0. The molecule has 1 saturated heterocycles. The Labute approximate surface area is 182 Å². The highest BCUT2D eigenvalue weighted by Crippen LogP contribution is 2.29. The number of nitrogens with zero attached hydrogens (tertiary/aromatic N) is 4. The molecule has 158 valence electrons. The molecule has 6 nitrogen and oxygen atoms in total. The molecule has 0 unspecified atom stereocenters. The number of nitrogens with one attached hydrogen (secondary N) is 1. The molecule has 0 aliphatic carbocycles. The highest BCUT2D eigenvalue weighted by Gasteiger charge is 2.25. The Bertz CT molecular complexity index is 1220. The Morgan fingerprint density at radius 1 is 1.00 bits per heavy atom. The molecule has 3 N–H and O–H groups in total. The fourth-order valence-electron chi connectivity index (χ4n) is 4.23. The highest BCUT2D eigenvalue weighted by molar-refractivity contribution is 5.85. The number of pyridine rings is 1. The molecule has 5 rings (SSSR count). The molecule has 1 aliphatic rings. The summed E-state index contributed by atoms with van der Waals surface area (Å²) in [6, 6.07) is 19.1. The van der Waals surface area contributed by atoms with Crippen molar-refractivity contribution in [2.45, 2.75) is 25.3 Å². The quantitative estimate of drug-likeness (QED) is 0.508. The molecular formula is C25H28N6. The van der Waals surface area contributed by atoms with Crippen LogP contribution in [-0.4, -0.2) is 33.4 Å². The van der Waals surface area contributed by atoms with Gasteiger partial charge in [-0.1, -0.05) is 12.1 Å². The number of rotatable bonds is 4. The van der Waals surface area contributed by atoms with Crippen molar-refractivity contribution in [2.24, 2.45) is 12.8 Å². The van der Waals surface area contributed by atoms with Crippen LogP contribution in [0.4, 0.5) is 17.2 Å². The smallest absolute Gasteiger partial charge is 0.130 e. The third-order valence-electron chi connectivity index (χ3n) is 6.23. The molecule has 3 heterocycles. The molecule has 0 atom stereocenters. The van der Waals surface area contributed by atoms with Gasteiger partial charge in [0, 0.05) is 48.6 Å². The molecule has 2 aromatic carbocycles. The Balaban J connectivity index is 1.36. The highest BCUT2D eigenvalue weighted by atomic mass is 15.2. The van der Waals surface area contributed by atoms with Crippen LogP contribution in [0.15, 0.2) is 67.0 Å². The maximum atomic E-state index is 6.29. The van der Waals surface area contributed by atoms with Gasteiger partial charge >= 0.3 is 0 Å². The number of nitrogens with two attached hydrogens (primary N) is 1. The minimum atomic E-state index is -0.0461. The normalized spacial score (nSPS) is 15.9. The second-order valence-corrected chi connectivity index (χ2v) is 8.79. The largest absolute Gasteiger partial charge is 0.371 e. The summed E-state index contributed by atoms with van der Waals surface area (Å²) in [5.74, 6) is 0.828. The first-order valence-corrected chi connectivity index (χ1v) is 10.8. The summed E-state index contributed by atoms with van der Waals surface area (Å²) in [5.41, 5.74) is 11.9. The molecule has 6 heteroatoms. The SMILES string of the molecule is Cn1ncc2cc(-c3ccnc(Nc4cccc(N5CCC(C)(N)CC5)c4)c3)ccc21. The number of aromatic nitrogens is 3. The van der Waals surface area contributed by atoms with Crippen molar-refractivity contribution < 1.29 is 0 Å². The maximum Gasteiger partial charge on any atom is 0.130 e. The van der Waals surface area contributed by atoms with Gasteiger partial charge in [-0.15, -0.1) is 0 Å². The number of hydrogen-bond donors (Lipinski definition) is 2. The zero-order chi connectivity index (χ0) is 21.4. The van der Waals surface area contributed by atoms with Crippen molar-refractivity contribution >= 4 is 28.1 Å². The van der Waals surface area contributed by atoms with Gasteiger partial charge in [-0.05, 0) is 73.4 Å². The van der Waals surface area contributed by atoms with Gasteiger partial charge in [0.15, 0.2) is 0 Å². The molecule has 4 aromatic rings. The van der Waals surface area contributed by atoms with Gasteiger partial charge in [-0.25, -0.2) is 4.98 Å². The number of piperidine rings is 1. The van der Waals surface area contributed by atoms with E-state index in [4.69, 9.17) is 5.73 Å².